The van der Waals surface area contributed by atoms with Gasteiger partial charge in [-0.2, -0.15) is 0 Å². The number of carboxylic acid groups (broad SMARTS) is 1. The molecule has 2 heterocycles. The van der Waals surface area contributed by atoms with Crippen molar-refractivity contribution in [3.63, 3.8) is 0 Å². The third-order valence-corrected chi connectivity index (χ3v) is 3.24. The van der Waals surface area contributed by atoms with E-state index in [9.17, 15) is 4.79 Å². The van der Waals surface area contributed by atoms with Gasteiger partial charge in [0.25, 0.3) is 0 Å². The highest BCUT2D eigenvalue weighted by molar-refractivity contribution is 5.66. The predicted molar refractivity (Wildman–Crippen MR) is 66.3 cm³/mol. The molecule has 1 aromatic heterocycles. The van der Waals surface area contributed by atoms with E-state index in [1.807, 2.05) is 10.9 Å². The minimum Gasteiger partial charge on any atom is -0.481 e. The van der Waals surface area contributed by atoms with Gasteiger partial charge in [0.1, 0.15) is 0 Å². The maximum Gasteiger partial charge on any atom is 0.303 e. The minimum atomic E-state index is -0.793. The number of hydrogen-bond donors (Lipinski definition) is 1. The Morgan fingerprint density at radius 1 is 1.33 bits per heavy atom. The topological polar surface area (TPSA) is 71.2 Å². The minimum absolute atomic E-state index is 0.118. The van der Waals surface area contributed by atoms with E-state index in [1.165, 1.54) is 25.9 Å². The fraction of sp³-hybridized carbons (Fsp3) is 0.750. The fourth-order valence-corrected chi connectivity index (χ4v) is 2.26. The van der Waals surface area contributed by atoms with Gasteiger partial charge in [-0.15, -0.1) is 5.10 Å². The molecule has 0 amide bonds. The molecule has 0 radical (unpaired) electrons. The van der Waals surface area contributed by atoms with Crippen molar-refractivity contribution in [2.24, 2.45) is 0 Å². The van der Waals surface area contributed by atoms with Gasteiger partial charge in [-0.25, -0.2) is 0 Å². The number of aromatic nitrogens is 3. The summed E-state index contributed by atoms with van der Waals surface area (Å²) in [7, 11) is 0. The van der Waals surface area contributed by atoms with Crippen LogP contribution >= 0.6 is 0 Å². The van der Waals surface area contributed by atoms with Gasteiger partial charge >= 0.3 is 5.97 Å². The first-order chi connectivity index (χ1) is 8.74. The molecule has 0 bridgehead atoms. The number of hydrogen-bond acceptors (Lipinski definition) is 4. The van der Waals surface area contributed by atoms with Crippen molar-refractivity contribution >= 4 is 5.97 Å². The molecule has 18 heavy (non-hydrogen) atoms. The van der Waals surface area contributed by atoms with Crippen LogP contribution in [-0.4, -0.2) is 50.6 Å². The van der Waals surface area contributed by atoms with Crippen LogP contribution in [0.25, 0.3) is 0 Å². The molecule has 1 aromatic rings. The van der Waals surface area contributed by atoms with E-state index in [0.29, 0.717) is 6.42 Å². The first-order valence-electron chi connectivity index (χ1n) is 6.57. The molecule has 6 heteroatoms. The van der Waals surface area contributed by atoms with Crippen LogP contribution in [0.3, 0.4) is 0 Å². The molecule has 1 saturated heterocycles. The number of carbonyl (C=O) groups is 1. The molecule has 0 unspecified atom stereocenters. The maximum atomic E-state index is 10.4. The van der Waals surface area contributed by atoms with E-state index in [0.717, 1.165) is 25.2 Å². The molecular formula is C12H20N4O2. The Kier molecular flexibility index (Phi) is 4.69. The summed E-state index contributed by atoms with van der Waals surface area (Å²) in [5.74, 6) is -0.793. The molecule has 0 saturated carbocycles. The first-order valence-corrected chi connectivity index (χ1v) is 6.57. The molecule has 6 nitrogen and oxygen atoms in total. The van der Waals surface area contributed by atoms with Crippen LogP contribution < -0.4 is 0 Å². The molecular weight excluding hydrogens is 232 g/mol. The van der Waals surface area contributed by atoms with Gasteiger partial charge in [0.05, 0.1) is 12.1 Å². The quantitative estimate of drug-likeness (QED) is 0.776. The molecule has 0 aliphatic carbocycles. The molecule has 0 aromatic carbocycles. The molecule has 100 valence electrons. The van der Waals surface area contributed by atoms with E-state index in [2.05, 4.69) is 15.2 Å². The Morgan fingerprint density at radius 3 is 2.83 bits per heavy atom. The van der Waals surface area contributed by atoms with E-state index < -0.39 is 5.97 Å². The van der Waals surface area contributed by atoms with Crippen LogP contribution in [0, 0.1) is 0 Å². The monoisotopic (exact) mass is 252 g/mol. The molecule has 2 rings (SSSR count). The summed E-state index contributed by atoms with van der Waals surface area (Å²) >= 11 is 0. The number of likely N-dealkylation sites (tertiary alicyclic amines) is 1. The van der Waals surface area contributed by atoms with Crippen LogP contribution in [0.1, 0.15) is 31.4 Å². The van der Waals surface area contributed by atoms with Crippen LogP contribution in [0.5, 0.6) is 0 Å². The van der Waals surface area contributed by atoms with E-state index in [4.69, 9.17) is 5.11 Å². The second-order valence-electron chi connectivity index (χ2n) is 4.77. The zero-order chi connectivity index (χ0) is 12.8. The Morgan fingerprint density at radius 2 is 2.11 bits per heavy atom. The zero-order valence-corrected chi connectivity index (χ0v) is 10.6. The Labute approximate surface area is 107 Å². The summed E-state index contributed by atoms with van der Waals surface area (Å²) < 4.78 is 1.81. The molecule has 1 N–H and O–H groups in total. The average Bonchev–Trinajstić information content (AvgIpc) is 2.97. The van der Waals surface area contributed by atoms with Gasteiger partial charge < -0.3 is 10.0 Å². The van der Waals surface area contributed by atoms with Crippen molar-refractivity contribution in [2.45, 2.75) is 38.6 Å². The third-order valence-electron chi connectivity index (χ3n) is 3.24. The summed E-state index contributed by atoms with van der Waals surface area (Å²) in [6, 6.07) is 0. The zero-order valence-electron chi connectivity index (χ0n) is 10.6. The highest BCUT2D eigenvalue weighted by Gasteiger charge is 2.10. The average molecular weight is 252 g/mol. The first kappa shape index (κ1) is 13.0. The number of aryl methyl sites for hydroxylation is 2. The van der Waals surface area contributed by atoms with E-state index in [-0.39, 0.29) is 6.42 Å². The molecule has 1 fully saturated rings. The van der Waals surface area contributed by atoms with Crippen molar-refractivity contribution in [3.05, 3.63) is 11.9 Å². The number of aliphatic carboxylic acids is 1. The van der Waals surface area contributed by atoms with Gasteiger partial charge in [-0.1, -0.05) is 5.21 Å². The SMILES string of the molecule is O=C(O)CCc1cn(CCCN2CCCC2)nn1. The standard InChI is InChI=1S/C12H20N4O2/c17-12(18)5-4-11-10-16(14-13-11)9-3-8-15-6-1-2-7-15/h10H,1-9H2,(H,17,18). The third kappa shape index (κ3) is 4.10. The smallest absolute Gasteiger partial charge is 0.303 e. The van der Waals surface area contributed by atoms with Crippen molar-refractivity contribution in [3.8, 4) is 0 Å². The lowest BCUT2D eigenvalue weighted by atomic mass is 10.2. The Hall–Kier alpha value is -1.43. The molecule has 0 atom stereocenters. The Bertz CT molecular complexity index is 385. The largest absolute Gasteiger partial charge is 0.481 e. The van der Waals surface area contributed by atoms with Crippen molar-refractivity contribution in [1.82, 2.24) is 19.9 Å². The normalized spacial score (nSPS) is 16.2. The predicted octanol–water partition coefficient (Wildman–Crippen LogP) is 0.781. The lowest BCUT2D eigenvalue weighted by Gasteiger charge is -2.13. The maximum absolute atomic E-state index is 10.4. The molecule has 0 spiro atoms. The second kappa shape index (κ2) is 6.49. The van der Waals surface area contributed by atoms with Crippen LogP contribution in [0.2, 0.25) is 0 Å². The van der Waals surface area contributed by atoms with Gasteiger partial charge in [-0.3, -0.25) is 9.48 Å². The summed E-state index contributed by atoms with van der Waals surface area (Å²) in [4.78, 5) is 12.9. The fourth-order valence-electron chi connectivity index (χ4n) is 2.26. The number of rotatable bonds is 7. The molecule has 1 aliphatic heterocycles. The van der Waals surface area contributed by atoms with Gasteiger partial charge in [0.2, 0.25) is 0 Å². The second-order valence-corrected chi connectivity index (χ2v) is 4.77. The highest BCUT2D eigenvalue weighted by Crippen LogP contribution is 2.08. The van der Waals surface area contributed by atoms with Crippen LogP contribution in [0.4, 0.5) is 0 Å². The van der Waals surface area contributed by atoms with Gasteiger partial charge in [0, 0.05) is 19.2 Å². The summed E-state index contributed by atoms with van der Waals surface area (Å²) in [6.07, 6.45) is 6.15. The van der Waals surface area contributed by atoms with E-state index in [1.54, 1.807) is 0 Å². The Balaban J connectivity index is 1.67. The van der Waals surface area contributed by atoms with Crippen molar-refractivity contribution in [1.29, 1.82) is 0 Å². The summed E-state index contributed by atoms with van der Waals surface area (Å²) in [5.41, 5.74) is 0.763. The summed E-state index contributed by atoms with van der Waals surface area (Å²) in [5, 5.41) is 16.6. The van der Waals surface area contributed by atoms with Gasteiger partial charge in [0.15, 0.2) is 0 Å². The van der Waals surface area contributed by atoms with Crippen molar-refractivity contribution in [2.75, 3.05) is 19.6 Å². The highest BCUT2D eigenvalue weighted by atomic mass is 16.4. The van der Waals surface area contributed by atoms with Crippen LogP contribution in [0.15, 0.2) is 6.20 Å². The van der Waals surface area contributed by atoms with Crippen LogP contribution in [-0.2, 0) is 17.8 Å². The molecule has 1 aliphatic rings. The lowest BCUT2D eigenvalue weighted by molar-refractivity contribution is -0.136. The number of carboxylic acids is 1. The van der Waals surface area contributed by atoms with Crippen molar-refractivity contribution < 1.29 is 9.90 Å². The van der Waals surface area contributed by atoms with Gasteiger partial charge in [-0.05, 0) is 38.9 Å². The summed E-state index contributed by atoms with van der Waals surface area (Å²) in [6.45, 7) is 4.42. The lowest BCUT2D eigenvalue weighted by Crippen LogP contribution is -2.21. The number of nitrogens with zero attached hydrogens (tertiary/aromatic N) is 4. The van der Waals surface area contributed by atoms with E-state index >= 15 is 0 Å².